The number of hydrogen-bond donors (Lipinski definition) is 0. The van der Waals surface area contributed by atoms with Crippen LogP contribution in [0.25, 0.3) is 0 Å². The van der Waals surface area contributed by atoms with Crippen LogP contribution in [-0.2, 0) is 0 Å². The summed E-state index contributed by atoms with van der Waals surface area (Å²) in [6, 6.07) is 5.30. The second-order valence-electron chi connectivity index (χ2n) is 2.98. The molecule has 0 unspecified atom stereocenters. The predicted molar refractivity (Wildman–Crippen MR) is 59.3 cm³/mol. The Labute approximate surface area is 78.4 Å². The summed E-state index contributed by atoms with van der Waals surface area (Å²) in [4.78, 5) is 0. The highest BCUT2D eigenvalue weighted by Gasteiger charge is 2.35. The molecule has 0 aromatic heterocycles. The van der Waals surface area contributed by atoms with E-state index in [4.69, 9.17) is 11.1 Å². The van der Waals surface area contributed by atoms with Gasteiger partial charge < -0.3 is 0 Å². The summed E-state index contributed by atoms with van der Waals surface area (Å²) in [5, 5.41) is 0. The molecule has 0 heterocycles. The quantitative estimate of drug-likeness (QED) is 0.475. The van der Waals surface area contributed by atoms with Crippen LogP contribution in [-0.4, -0.2) is 15.2 Å². The molecule has 0 atom stereocenters. The first kappa shape index (κ1) is 11.7. The third-order valence-corrected chi connectivity index (χ3v) is 19.9. The Morgan fingerprint density at radius 2 is 1.36 bits per heavy atom. The van der Waals surface area contributed by atoms with E-state index in [-0.39, 0.29) is 8.31 Å². The van der Waals surface area contributed by atoms with Crippen LogP contribution >= 0.6 is 11.1 Å². The normalized spacial score (nSPS) is 12.5. The number of hydrogen-bond acceptors (Lipinski definition) is 0. The number of halogens is 1. The van der Waals surface area contributed by atoms with Gasteiger partial charge in [0, 0.05) is 0 Å². The van der Waals surface area contributed by atoms with E-state index in [0.29, 0.717) is 0 Å². The van der Waals surface area contributed by atoms with Gasteiger partial charge in [0.2, 0.25) is 0 Å². The molecule has 0 saturated carbocycles. The van der Waals surface area contributed by atoms with E-state index in [0.717, 1.165) is 0 Å². The highest BCUT2D eigenvalue weighted by atomic mass is 35.6. The fourth-order valence-corrected chi connectivity index (χ4v) is 14.1. The van der Waals surface area contributed by atoms with Crippen molar-refractivity contribution >= 4 is 26.3 Å². The summed E-state index contributed by atoms with van der Waals surface area (Å²) in [6.07, 6.45) is 0. The van der Waals surface area contributed by atoms with E-state index >= 15 is 0 Å². The first-order valence-corrected chi connectivity index (χ1v) is 11.0. The van der Waals surface area contributed by atoms with Crippen molar-refractivity contribution in [2.24, 2.45) is 0 Å². The van der Waals surface area contributed by atoms with Gasteiger partial charge >= 0.3 is 0 Å². The fourth-order valence-electron chi connectivity index (χ4n) is 1.63. The van der Waals surface area contributed by atoms with Crippen LogP contribution in [0.2, 0.25) is 24.2 Å². The minimum atomic E-state index is -1.25. The van der Waals surface area contributed by atoms with E-state index in [1.165, 1.54) is 24.2 Å². The zero-order valence-corrected chi connectivity index (χ0v) is 11.0. The molecule has 0 aromatic rings. The Morgan fingerprint density at radius 1 is 1.00 bits per heavy atom. The standard InChI is InChI=1S/C8H20ClSi2/c1-5-10(6-2)11(9,7-3)8-4/h5-8H2,1-4H3. The minimum Gasteiger partial charge on any atom is -0.171 e. The third-order valence-electron chi connectivity index (χ3n) is 2.61. The Kier molecular flexibility index (Phi) is 5.74. The molecule has 67 valence electrons. The van der Waals surface area contributed by atoms with Crippen molar-refractivity contribution in [3.63, 3.8) is 0 Å². The van der Waals surface area contributed by atoms with E-state index in [1.807, 2.05) is 0 Å². The Bertz CT molecular complexity index is 98.3. The average Bonchev–Trinajstić information content (AvgIpc) is 2.06. The van der Waals surface area contributed by atoms with E-state index in [9.17, 15) is 0 Å². The van der Waals surface area contributed by atoms with Gasteiger partial charge in [-0.15, -0.1) is 0 Å². The molecule has 0 fully saturated rings. The maximum atomic E-state index is 6.66. The smallest absolute Gasteiger partial charge is 0.144 e. The number of rotatable bonds is 5. The maximum Gasteiger partial charge on any atom is 0.144 e. The van der Waals surface area contributed by atoms with Crippen LogP contribution in [0.5, 0.6) is 0 Å². The van der Waals surface area contributed by atoms with E-state index in [2.05, 4.69) is 27.7 Å². The van der Waals surface area contributed by atoms with Crippen molar-refractivity contribution in [3.8, 4) is 0 Å². The van der Waals surface area contributed by atoms with Gasteiger partial charge in [-0.05, 0) is 12.1 Å². The molecular formula is C8H20ClSi2. The molecule has 0 aliphatic rings. The van der Waals surface area contributed by atoms with Crippen molar-refractivity contribution in [2.75, 3.05) is 0 Å². The highest BCUT2D eigenvalue weighted by molar-refractivity contribution is 7.53. The first-order valence-electron chi connectivity index (χ1n) is 4.68. The van der Waals surface area contributed by atoms with Gasteiger partial charge in [0.25, 0.3) is 0 Å². The largest absolute Gasteiger partial charge is 0.171 e. The second-order valence-corrected chi connectivity index (χ2v) is 17.1. The molecule has 0 aliphatic carbocycles. The predicted octanol–water partition coefficient (Wildman–Crippen LogP) is 3.82. The molecule has 0 N–H and O–H groups in total. The molecule has 0 aliphatic heterocycles. The van der Waals surface area contributed by atoms with Crippen molar-refractivity contribution in [1.29, 1.82) is 0 Å². The van der Waals surface area contributed by atoms with Gasteiger partial charge in [0.15, 0.2) is 0 Å². The highest BCUT2D eigenvalue weighted by Crippen LogP contribution is 2.27. The monoisotopic (exact) mass is 207 g/mol. The van der Waals surface area contributed by atoms with E-state index < -0.39 is 6.90 Å². The van der Waals surface area contributed by atoms with Crippen LogP contribution in [0.15, 0.2) is 0 Å². The van der Waals surface area contributed by atoms with Crippen molar-refractivity contribution in [1.82, 2.24) is 0 Å². The summed E-state index contributed by atoms with van der Waals surface area (Å²) < 4.78 is 0. The Morgan fingerprint density at radius 3 is 1.45 bits per heavy atom. The molecule has 11 heavy (non-hydrogen) atoms. The van der Waals surface area contributed by atoms with Crippen LogP contribution in [0.3, 0.4) is 0 Å². The van der Waals surface area contributed by atoms with Gasteiger partial charge in [-0.25, -0.2) is 0 Å². The zero-order chi connectivity index (χ0) is 8.91. The molecule has 0 nitrogen and oxygen atoms in total. The Balaban J connectivity index is 4.19. The SMILES string of the molecule is CC[Si](CC)[Si](Cl)(CC)CC. The summed E-state index contributed by atoms with van der Waals surface area (Å²) >= 11 is 6.66. The lowest BCUT2D eigenvalue weighted by atomic mass is 10.9. The van der Waals surface area contributed by atoms with Crippen molar-refractivity contribution in [2.45, 2.75) is 51.9 Å². The van der Waals surface area contributed by atoms with Gasteiger partial charge in [-0.2, -0.15) is 11.1 Å². The minimum absolute atomic E-state index is 0.158. The molecular weight excluding hydrogens is 188 g/mol. The topological polar surface area (TPSA) is 0 Å². The van der Waals surface area contributed by atoms with Crippen LogP contribution in [0.1, 0.15) is 27.7 Å². The summed E-state index contributed by atoms with van der Waals surface area (Å²) in [6.45, 7) is 7.93. The lowest BCUT2D eigenvalue weighted by Gasteiger charge is -2.28. The average molecular weight is 208 g/mol. The summed E-state index contributed by atoms with van der Waals surface area (Å²) in [5.41, 5.74) is 0. The molecule has 0 saturated heterocycles. The van der Waals surface area contributed by atoms with Crippen LogP contribution in [0, 0.1) is 0 Å². The molecule has 0 rings (SSSR count). The Hall–Kier alpha value is 0.724. The lowest BCUT2D eigenvalue weighted by Crippen LogP contribution is -2.44. The van der Waals surface area contributed by atoms with Crippen molar-refractivity contribution < 1.29 is 0 Å². The zero-order valence-electron chi connectivity index (χ0n) is 8.21. The molecule has 0 spiro atoms. The van der Waals surface area contributed by atoms with Crippen LogP contribution < -0.4 is 0 Å². The maximum absolute atomic E-state index is 6.66. The molecule has 0 bridgehead atoms. The van der Waals surface area contributed by atoms with Gasteiger partial charge in [0.05, 0.1) is 8.31 Å². The molecule has 0 amide bonds. The van der Waals surface area contributed by atoms with Crippen molar-refractivity contribution in [3.05, 3.63) is 0 Å². The lowest BCUT2D eigenvalue weighted by molar-refractivity contribution is 1.28. The van der Waals surface area contributed by atoms with Gasteiger partial charge in [-0.3, -0.25) is 0 Å². The second kappa shape index (κ2) is 5.38. The first-order chi connectivity index (χ1) is 5.14. The molecule has 1 radical (unpaired) electrons. The molecule has 0 aromatic carbocycles. The summed E-state index contributed by atoms with van der Waals surface area (Å²) in [5.74, 6) is 0. The van der Waals surface area contributed by atoms with Gasteiger partial charge in [0.1, 0.15) is 6.90 Å². The summed E-state index contributed by atoms with van der Waals surface area (Å²) in [7, 11) is -0.158. The van der Waals surface area contributed by atoms with Crippen LogP contribution in [0.4, 0.5) is 0 Å². The molecule has 3 heteroatoms. The fraction of sp³-hybridized carbons (Fsp3) is 1.00. The van der Waals surface area contributed by atoms with E-state index in [1.54, 1.807) is 0 Å². The third kappa shape index (κ3) is 2.92. The van der Waals surface area contributed by atoms with Gasteiger partial charge in [-0.1, -0.05) is 39.8 Å².